The van der Waals surface area contributed by atoms with Crippen LogP contribution in [0.1, 0.15) is 20.8 Å². The molecule has 0 saturated carbocycles. The van der Waals surface area contributed by atoms with Crippen molar-refractivity contribution >= 4 is 29.1 Å². The van der Waals surface area contributed by atoms with Gasteiger partial charge < -0.3 is 24.8 Å². The Morgan fingerprint density at radius 2 is 1.81 bits per heavy atom. The summed E-state index contributed by atoms with van der Waals surface area (Å²) in [5, 5.41) is 5.71. The maximum Gasteiger partial charge on any atom is 0.274 e. The van der Waals surface area contributed by atoms with Crippen LogP contribution < -0.4 is 20.1 Å². The van der Waals surface area contributed by atoms with Gasteiger partial charge in [-0.2, -0.15) is 0 Å². The van der Waals surface area contributed by atoms with E-state index in [9.17, 15) is 9.59 Å². The summed E-state index contributed by atoms with van der Waals surface area (Å²) in [7, 11) is 4.46. The highest BCUT2D eigenvalue weighted by Crippen LogP contribution is 2.36. The van der Waals surface area contributed by atoms with Gasteiger partial charge in [-0.3, -0.25) is 14.6 Å². The Hall–Kier alpha value is -2.84. The Morgan fingerprint density at radius 1 is 1.07 bits per heavy atom. The fourth-order valence-corrected chi connectivity index (χ4v) is 2.44. The molecule has 1 aromatic heterocycles. The molecule has 1 heterocycles. The van der Waals surface area contributed by atoms with Crippen molar-refractivity contribution in [1.29, 1.82) is 0 Å². The van der Waals surface area contributed by atoms with Crippen LogP contribution in [0.25, 0.3) is 0 Å². The molecular formula is C18H20ClN3O5. The lowest BCUT2D eigenvalue weighted by Crippen LogP contribution is -2.27. The summed E-state index contributed by atoms with van der Waals surface area (Å²) >= 11 is 6.06. The van der Waals surface area contributed by atoms with Crippen molar-refractivity contribution in [3.05, 3.63) is 46.7 Å². The van der Waals surface area contributed by atoms with Crippen LogP contribution in [0.15, 0.2) is 30.5 Å². The summed E-state index contributed by atoms with van der Waals surface area (Å²) in [6.07, 6.45) is 1.39. The molecule has 0 saturated heterocycles. The fourth-order valence-electron chi connectivity index (χ4n) is 2.21. The number of methoxy groups -OCH3 is 3. The van der Waals surface area contributed by atoms with Gasteiger partial charge >= 0.3 is 0 Å². The molecule has 2 aromatic rings. The fraction of sp³-hybridized carbons (Fsp3) is 0.278. The number of anilines is 1. The van der Waals surface area contributed by atoms with Crippen LogP contribution in [0.4, 0.5) is 5.69 Å². The predicted octanol–water partition coefficient (Wildman–Crippen LogP) is 2.38. The molecule has 0 radical (unpaired) electrons. The average molecular weight is 394 g/mol. The lowest BCUT2D eigenvalue weighted by Gasteiger charge is -2.13. The van der Waals surface area contributed by atoms with Crippen molar-refractivity contribution in [2.24, 2.45) is 0 Å². The maximum atomic E-state index is 12.5. The Kier molecular flexibility index (Phi) is 7.39. The van der Waals surface area contributed by atoms with Gasteiger partial charge in [-0.15, -0.1) is 0 Å². The summed E-state index contributed by atoms with van der Waals surface area (Å²) in [5.41, 5.74) is 0.748. The van der Waals surface area contributed by atoms with E-state index in [1.807, 2.05) is 0 Å². The van der Waals surface area contributed by atoms with Crippen molar-refractivity contribution in [1.82, 2.24) is 10.3 Å². The molecule has 8 nitrogen and oxygen atoms in total. The monoisotopic (exact) mass is 393 g/mol. The molecule has 0 aliphatic heterocycles. The van der Waals surface area contributed by atoms with E-state index in [2.05, 4.69) is 15.6 Å². The number of ether oxygens (including phenoxy) is 3. The van der Waals surface area contributed by atoms with E-state index in [1.54, 1.807) is 13.2 Å². The van der Waals surface area contributed by atoms with Gasteiger partial charge in [0.1, 0.15) is 17.2 Å². The van der Waals surface area contributed by atoms with Gasteiger partial charge in [0.25, 0.3) is 11.8 Å². The minimum absolute atomic E-state index is 0.0744. The molecule has 144 valence electrons. The van der Waals surface area contributed by atoms with Crippen LogP contribution in [-0.2, 0) is 4.74 Å². The van der Waals surface area contributed by atoms with Crippen molar-refractivity contribution in [3.63, 3.8) is 0 Å². The van der Waals surface area contributed by atoms with E-state index >= 15 is 0 Å². The zero-order valence-corrected chi connectivity index (χ0v) is 15.9. The molecule has 0 fully saturated rings. The number of rotatable bonds is 8. The quantitative estimate of drug-likeness (QED) is 0.668. The van der Waals surface area contributed by atoms with Crippen LogP contribution in [0, 0.1) is 0 Å². The number of aromatic nitrogens is 1. The summed E-state index contributed by atoms with van der Waals surface area (Å²) in [4.78, 5) is 28.7. The van der Waals surface area contributed by atoms with Gasteiger partial charge in [-0.1, -0.05) is 11.6 Å². The van der Waals surface area contributed by atoms with E-state index in [0.29, 0.717) is 40.9 Å². The molecule has 2 amide bonds. The second-order valence-corrected chi connectivity index (χ2v) is 5.73. The molecule has 2 N–H and O–H groups in total. The largest absolute Gasteiger partial charge is 0.495 e. The van der Waals surface area contributed by atoms with Crippen molar-refractivity contribution in [3.8, 4) is 11.5 Å². The highest BCUT2D eigenvalue weighted by atomic mass is 35.5. The van der Waals surface area contributed by atoms with Crippen molar-refractivity contribution in [2.45, 2.75) is 0 Å². The van der Waals surface area contributed by atoms with Gasteiger partial charge in [-0.25, -0.2) is 0 Å². The molecular weight excluding hydrogens is 374 g/mol. The molecule has 0 aliphatic carbocycles. The highest BCUT2D eigenvalue weighted by Gasteiger charge is 2.16. The lowest BCUT2D eigenvalue weighted by atomic mass is 10.2. The zero-order chi connectivity index (χ0) is 19.8. The average Bonchev–Trinajstić information content (AvgIpc) is 2.69. The smallest absolute Gasteiger partial charge is 0.274 e. The molecule has 0 atom stereocenters. The van der Waals surface area contributed by atoms with Gasteiger partial charge in [0.2, 0.25) is 0 Å². The summed E-state index contributed by atoms with van der Waals surface area (Å²) in [6.45, 7) is 0.753. The van der Waals surface area contributed by atoms with Gasteiger partial charge in [0, 0.05) is 37.5 Å². The predicted molar refractivity (Wildman–Crippen MR) is 101 cm³/mol. The summed E-state index contributed by atoms with van der Waals surface area (Å²) in [5.74, 6) is -0.0897. The van der Waals surface area contributed by atoms with E-state index in [4.69, 9.17) is 25.8 Å². The first-order chi connectivity index (χ1) is 13.0. The number of halogens is 1. The van der Waals surface area contributed by atoms with Crippen LogP contribution in [0.2, 0.25) is 5.02 Å². The summed E-state index contributed by atoms with van der Waals surface area (Å²) < 4.78 is 15.3. The van der Waals surface area contributed by atoms with E-state index in [-0.39, 0.29) is 11.6 Å². The topological polar surface area (TPSA) is 98.8 Å². The number of amides is 2. The number of carbonyl (C=O) groups is 2. The number of nitrogens with one attached hydrogen (secondary N) is 2. The Bertz CT molecular complexity index is 829. The summed E-state index contributed by atoms with van der Waals surface area (Å²) in [6, 6.07) is 5.99. The van der Waals surface area contributed by atoms with E-state index in [0.717, 1.165) is 0 Å². The molecule has 1 aromatic carbocycles. The Labute approximate surface area is 161 Å². The zero-order valence-electron chi connectivity index (χ0n) is 15.2. The van der Waals surface area contributed by atoms with Crippen LogP contribution >= 0.6 is 11.6 Å². The third kappa shape index (κ3) is 5.32. The van der Waals surface area contributed by atoms with E-state index < -0.39 is 5.91 Å². The SMILES string of the molecule is COCCNC(=O)c1ccnc(C(=O)Nc2cc(OC)c(Cl)cc2OC)c1. The first kappa shape index (κ1) is 20.5. The normalized spacial score (nSPS) is 10.2. The number of hydrogen-bond acceptors (Lipinski definition) is 6. The Morgan fingerprint density at radius 3 is 2.48 bits per heavy atom. The number of benzene rings is 1. The molecule has 0 unspecified atom stereocenters. The third-order valence-corrected chi connectivity index (χ3v) is 3.86. The molecule has 0 aliphatic rings. The molecule has 2 rings (SSSR count). The molecule has 0 spiro atoms. The second kappa shape index (κ2) is 9.75. The first-order valence-electron chi connectivity index (χ1n) is 7.96. The van der Waals surface area contributed by atoms with Crippen LogP contribution in [-0.4, -0.2) is 51.3 Å². The van der Waals surface area contributed by atoms with Gasteiger partial charge in [0.15, 0.2) is 0 Å². The van der Waals surface area contributed by atoms with Crippen LogP contribution in [0.5, 0.6) is 11.5 Å². The molecule has 9 heteroatoms. The third-order valence-electron chi connectivity index (χ3n) is 3.57. The Balaban J connectivity index is 2.19. The second-order valence-electron chi connectivity index (χ2n) is 5.32. The minimum atomic E-state index is -0.510. The number of pyridine rings is 1. The van der Waals surface area contributed by atoms with Gasteiger partial charge in [-0.05, 0) is 12.1 Å². The highest BCUT2D eigenvalue weighted by molar-refractivity contribution is 6.32. The van der Waals surface area contributed by atoms with Crippen molar-refractivity contribution in [2.75, 3.05) is 39.8 Å². The van der Waals surface area contributed by atoms with Crippen LogP contribution in [0.3, 0.4) is 0 Å². The number of nitrogens with zero attached hydrogens (tertiary/aromatic N) is 1. The first-order valence-corrected chi connectivity index (χ1v) is 8.34. The van der Waals surface area contributed by atoms with E-state index in [1.165, 1.54) is 38.6 Å². The number of hydrogen-bond donors (Lipinski definition) is 2. The molecule has 0 bridgehead atoms. The standard InChI is InChI=1S/C18H20ClN3O5/c1-25-7-6-21-17(23)11-4-5-20-14(8-11)18(24)22-13-10-15(26-2)12(19)9-16(13)27-3/h4-5,8-10H,6-7H2,1-3H3,(H,21,23)(H,22,24). The minimum Gasteiger partial charge on any atom is -0.495 e. The van der Waals surface area contributed by atoms with Gasteiger partial charge in [0.05, 0.1) is 31.5 Å². The van der Waals surface area contributed by atoms with Crippen molar-refractivity contribution < 1.29 is 23.8 Å². The maximum absolute atomic E-state index is 12.5. The molecule has 27 heavy (non-hydrogen) atoms. The number of carbonyl (C=O) groups excluding carboxylic acids is 2. The lowest BCUT2D eigenvalue weighted by molar-refractivity contribution is 0.0937.